The van der Waals surface area contributed by atoms with E-state index < -0.39 is 47.3 Å². The van der Waals surface area contributed by atoms with Crippen LogP contribution in [0.3, 0.4) is 0 Å². The Labute approximate surface area is 237 Å². The lowest BCUT2D eigenvalue weighted by Gasteiger charge is -2.40. The van der Waals surface area contributed by atoms with Gasteiger partial charge < -0.3 is 23.4 Å². The molecule has 1 fully saturated rings. The van der Waals surface area contributed by atoms with E-state index in [1.807, 2.05) is 0 Å². The fourth-order valence-corrected chi connectivity index (χ4v) is 5.30. The van der Waals surface area contributed by atoms with Crippen LogP contribution < -0.4 is 10.4 Å². The minimum absolute atomic E-state index is 0.0201. The lowest BCUT2D eigenvalue weighted by atomic mass is 10.1. The van der Waals surface area contributed by atoms with Gasteiger partial charge in [-0.05, 0) is 66.9 Å². The van der Waals surface area contributed by atoms with Crippen LogP contribution in [0.2, 0.25) is 0 Å². The highest BCUT2D eigenvalue weighted by Crippen LogP contribution is 2.35. The minimum atomic E-state index is -1.13. The molecule has 2 heterocycles. The molecule has 1 saturated heterocycles. The molecular formula is C27H37N3O9S. The summed E-state index contributed by atoms with van der Waals surface area (Å²) >= 11 is 1.25. The topological polar surface area (TPSA) is 128 Å². The van der Waals surface area contributed by atoms with Gasteiger partial charge in [0.2, 0.25) is 0 Å². The number of esters is 3. The van der Waals surface area contributed by atoms with Crippen LogP contribution >= 0.6 is 11.8 Å². The number of carbonyl (C=O) groups excluding carboxylic acids is 3. The first-order chi connectivity index (χ1) is 18.8. The second-order valence-corrected chi connectivity index (χ2v) is 11.5. The zero-order chi connectivity index (χ0) is 29.6. The standard InChI is InChI=1S/C27H37N3O9S/c1-16-10-21(31)36-19-11-17(8-9-18(16)19)35-27-26(39-24(34)14-30(6)7)25(38-23(33)13-29(4)5)20(15-40-27)37-22(32)12-28(2)3/h8-11,20,25-27H,12-15H2,1-7H3/t20-,25+,26-,27-/m1/s1. The second-order valence-electron chi connectivity index (χ2n) is 10.4. The number of ether oxygens (including phenoxy) is 4. The molecule has 0 spiro atoms. The number of fused-ring (bicyclic) bond motifs is 1. The Morgan fingerprint density at radius 3 is 1.98 bits per heavy atom. The average Bonchev–Trinajstić information content (AvgIpc) is 2.80. The van der Waals surface area contributed by atoms with Crippen LogP contribution in [-0.4, -0.2) is 124 Å². The Morgan fingerprint density at radius 1 is 0.850 bits per heavy atom. The van der Waals surface area contributed by atoms with Gasteiger partial charge in [0.1, 0.15) is 11.3 Å². The highest BCUT2D eigenvalue weighted by molar-refractivity contribution is 7.99. The van der Waals surface area contributed by atoms with E-state index >= 15 is 0 Å². The van der Waals surface area contributed by atoms with Gasteiger partial charge in [-0.3, -0.25) is 29.1 Å². The van der Waals surface area contributed by atoms with Gasteiger partial charge in [0.15, 0.2) is 23.7 Å². The molecule has 220 valence electrons. The zero-order valence-electron chi connectivity index (χ0n) is 23.9. The van der Waals surface area contributed by atoms with Gasteiger partial charge in [0.25, 0.3) is 0 Å². The third kappa shape index (κ3) is 8.95. The van der Waals surface area contributed by atoms with E-state index in [1.165, 1.54) is 17.8 Å². The Balaban J connectivity index is 1.95. The minimum Gasteiger partial charge on any atom is -0.476 e. The smallest absolute Gasteiger partial charge is 0.336 e. The summed E-state index contributed by atoms with van der Waals surface area (Å²) in [5, 5.41) is 0.751. The number of benzene rings is 1. The molecule has 0 amide bonds. The van der Waals surface area contributed by atoms with Crippen molar-refractivity contribution in [1.29, 1.82) is 0 Å². The van der Waals surface area contributed by atoms with Gasteiger partial charge in [-0.15, -0.1) is 11.8 Å². The van der Waals surface area contributed by atoms with E-state index in [2.05, 4.69) is 0 Å². The number of carbonyl (C=O) groups is 3. The normalized spacial score (nSPS) is 21.1. The summed E-state index contributed by atoms with van der Waals surface area (Å²) < 4.78 is 28.9. The van der Waals surface area contributed by atoms with Crippen LogP contribution in [0.1, 0.15) is 5.56 Å². The molecule has 3 rings (SSSR count). The third-order valence-corrected chi connectivity index (χ3v) is 6.93. The third-order valence-electron chi connectivity index (χ3n) is 5.71. The van der Waals surface area contributed by atoms with E-state index in [1.54, 1.807) is 82.1 Å². The monoisotopic (exact) mass is 579 g/mol. The molecule has 13 heteroatoms. The predicted molar refractivity (Wildman–Crippen MR) is 149 cm³/mol. The Kier molecular flexibility index (Phi) is 11.0. The number of hydrogen-bond donors (Lipinski definition) is 0. The molecule has 1 aromatic carbocycles. The predicted octanol–water partition coefficient (Wildman–Crippen LogP) is 0.973. The van der Waals surface area contributed by atoms with Crippen LogP contribution in [0.15, 0.2) is 33.5 Å². The maximum Gasteiger partial charge on any atom is 0.336 e. The summed E-state index contributed by atoms with van der Waals surface area (Å²) in [4.78, 5) is 55.0. The van der Waals surface area contributed by atoms with Crippen molar-refractivity contribution in [2.45, 2.75) is 30.7 Å². The molecule has 4 atom stereocenters. The van der Waals surface area contributed by atoms with Crippen LogP contribution in [0.25, 0.3) is 11.0 Å². The zero-order valence-corrected chi connectivity index (χ0v) is 24.7. The highest BCUT2D eigenvalue weighted by atomic mass is 32.2. The van der Waals surface area contributed by atoms with Gasteiger partial charge >= 0.3 is 23.5 Å². The van der Waals surface area contributed by atoms with Crippen molar-refractivity contribution in [2.75, 3.05) is 67.7 Å². The van der Waals surface area contributed by atoms with Crippen LogP contribution in [0, 0.1) is 6.92 Å². The fraction of sp³-hybridized carbons (Fsp3) is 0.556. The summed E-state index contributed by atoms with van der Waals surface area (Å²) in [5.74, 6) is -1.09. The molecule has 2 aromatic rings. The molecule has 40 heavy (non-hydrogen) atoms. The molecule has 1 aliphatic rings. The Hall–Kier alpha value is -3.13. The maximum absolute atomic E-state index is 12.8. The molecule has 0 aliphatic carbocycles. The summed E-state index contributed by atoms with van der Waals surface area (Å²) in [6.07, 6.45) is -3.14. The first-order valence-electron chi connectivity index (χ1n) is 12.7. The van der Waals surface area contributed by atoms with E-state index in [-0.39, 0.29) is 25.4 Å². The number of rotatable bonds is 11. The average molecular weight is 580 g/mol. The molecule has 12 nitrogen and oxygen atoms in total. The molecule has 0 saturated carbocycles. The molecule has 0 radical (unpaired) electrons. The largest absolute Gasteiger partial charge is 0.476 e. The molecule has 1 aromatic heterocycles. The molecule has 0 bridgehead atoms. The van der Waals surface area contributed by atoms with Crippen molar-refractivity contribution in [3.05, 3.63) is 40.2 Å². The van der Waals surface area contributed by atoms with Crippen molar-refractivity contribution in [3.63, 3.8) is 0 Å². The Bertz CT molecular complexity index is 1260. The van der Waals surface area contributed by atoms with Crippen molar-refractivity contribution in [2.24, 2.45) is 0 Å². The van der Waals surface area contributed by atoms with Gasteiger partial charge in [-0.1, -0.05) is 0 Å². The number of likely N-dealkylation sites (N-methyl/N-ethyl adjacent to an activating group) is 3. The number of thioether (sulfide) groups is 1. The second kappa shape index (κ2) is 14.0. The number of hydrogen-bond acceptors (Lipinski definition) is 13. The van der Waals surface area contributed by atoms with E-state index in [9.17, 15) is 19.2 Å². The summed E-state index contributed by atoms with van der Waals surface area (Å²) in [6, 6.07) is 6.47. The van der Waals surface area contributed by atoms with Gasteiger partial charge in [-0.2, -0.15) is 0 Å². The van der Waals surface area contributed by atoms with Crippen LogP contribution in [-0.2, 0) is 28.6 Å². The molecule has 0 N–H and O–H groups in total. The molecular weight excluding hydrogens is 542 g/mol. The van der Waals surface area contributed by atoms with Crippen LogP contribution in [0.4, 0.5) is 0 Å². The summed E-state index contributed by atoms with van der Waals surface area (Å²) in [5.41, 5.74) is -0.217. The summed E-state index contributed by atoms with van der Waals surface area (Å²) in [7, 11) is 10.3. The van der Waals surface area contributed by atoms with E-state index in [4.69, 9.17) is 23.4 Å². The number of aryl methyl sites for hydroxylation is 1. The number of nitrogens with zero attached hydrogens (tertiary/aromatic N) is 3. The van der Waals surface area contributed by atoms with Gasteiger partial charge in [-0.25, -0.2) is 4.79 Å². The first kappa shape index (κ1) is 31.4. The summed E-state index contributed by atoms with van der Waals surface area (Å²) in [6.45, 7) is 1.76. The van der Waals surface area contributed by atoms with Crippen molar-refractivity contribution in [3.8, 4) is 5.75 Å². The fourth-order valence-electron chi connectivity index (χ4n) is 4.08. The van der Waals surface area contributed by atoms with E-state index in [0.717, 1.165) is 10.9 Å². The van der Waals surface area contributed by atoms with Crippen LogP contribution in [0.5, 0.6) is 5.75 Å². The van der Waals surface area contributed by atoms with Gasteiger partial charge in [0, 0.05) is 23.3 Å². The lowest BCUT2D eigenvalue weighted by molar-refractivity contribution is -0.190. The Morgan fingerprint density at radius 2 is 1.40 bits per heavy atom. The lowest BCUT2D eigenvalue weighted by Crippen LogP contribution is -2.57. The SMILES string of the molecule is Cc1cc(=O)oc2cc(O[C@@H]3SC[C@@H](OC(=O)CN(C)C)[C@H](OC(=O)CN(C)C)[C@H]3OC(=O)CN(C)C)ccc12. The molecule has 0 unspecified atom stereocenters. The highest BCUT2D eigenvalue weighted by Gasteiger charge is 2.48. The van der Waals surface area contributed by atoms with Crippen molar-refractivity contribution < 1.29 is 37.7 Å². The quantitative estimate of drug-likeness (QED) is 0.213. The van der Waals surface area contributed by atoms with Gasteiger partial charge in [0.05, 0.1) is 19.6 Å². The maximum atomic E-state index is 12.8. The van der Waals surface area contributed by atoms with Crippen molar-refractivity contribution in [1.82, 2.24) is 14.7 Å². The van der Waals surface area contributed by atoms with E-state index in [0.29, 0.717) is 11.3 Å². The molecule has 1 aliphatic heterocycles. The first-order valence-corrected chi connectivity index (χ1v) is 13.7. The van der Waals surface area contributed by atoms with Crippen molar-refractivity contribution >= 4 is 40.6 Å².